The van der Waals surface area contributed by atoms with Crippen molar-refractivity contribution in [3.63, 3.8) is 0 Å². The predicted molar refractivity (Wildman–Crippen MR) is 47.6 cm³/mol. The fourth-order valence-corrected chi connectivity index (χ4v) is 2.42. The van der Waals surface area contributed by atoms with E-state index in [0.29, 0.717) is 4.34 Å². The van der Waals surface area contributed by atoms with E-state index in [1.807, 2.05) is 6.92 Å². The summed E-state index contributed by atoms with van der Waals surface area (Å²) in [5.41, 5.74) is 0. The van der Waals surface area contributed by atoms with E-state index < -0.39 is 11.2 Å². The SMILES string of the molecule is Cc1nnc(S[C@H](C)C(=O)O)s1. The Bertz CT molecular complexity index is 287. The van der Waals surface area contributed by atoms with Gasteiger partial charge in [0.25, 0.3) is 0 Å². The van der Waals surface area contributed by atoms with Gasteiger partial charge in [0.1, 0.15) is 10.3 Å². The van der Waals surface area contributed by atoms with Crippen LogP contribution in [-0.2, 0) is 4.79 Å². The molecule has 0 amide bonds. The van der Waals surface area contributed by atoms with E-state index in [1.54, 1.807) is 6.92 Å². The van der Waals surface area contributed by atoms with Gasteiger partial charge in [0.2, 0.25) is 0 Å². The highest BCUT2D eigenvalue weighted by Crippen LogP contribution is 2.25. The zero-order valence-electron chi connectivity index (χ0n) is 6.64. The fourth-order valence-electron chi connectivity index (χ4n) is 0.528. The Morgan fingerprint density at radius 2 is 2.33 bits per heavy atom. The molecule has 6 heteroatoms. The van der Waals surface area contributed by atoms with E-state index in [0.717, 1.165) is 5.01 Å². The third-order valence-electron chi connectivity index (χ3n) is 1.13. The van der Waals surface area contributed by atoms with Gasteiger partial charge in [0.05, 0.1) is 0 Å². The van der Waals surface area contributed by atoms with Gasteiger partial charge in [-0.05, 0) is 13.8 Å². The summed E-state index contributed by atoms with van der Waals surface area (Å²) in [6.45, 7) is 3.47. The van der Waals surface area contributed by atoms with Gasteiger partial charge in [0, 0.05) is 0 Å². The van der Waals surface area contributed by atoms with Gasteiger partial charge < -0.3 is 5.11 Å². The van der Waals surface area contributed by atoms with Gasteiger partial charge in [-0.15, -0.1) is 10.2 Å². The van der Waals surface area contributed by atoms with Crippen molar-refractivity contribution in [2.75, 3.05) is 0 Å². The van der Waals surface area contributed by atoms with Crippen molar-refractivity contribution >= 4 is 29.1 Å². The second-order valence-corrected chi connectivity index (χ2v) is 4.95. The molecule has 1 rings (SSSR count). The van der Waals surface area contributed by atoms with E-state index in [9.17, 15) is 4.79 Å². The topological polar surface area (TPSA) is 63.1 Å². The second kappa shape index (κ2) is 3.86. The first kappa shape index (κ1) is 9.47. The summed E-state index contributed by atoms with van der Waals surface area (Å²) in [7, 11) is 0. The van der Waals surface area contributed by atoms with Crippen molar-refractivity contribution in [3.8, 4) is 0 Å². The minimum Gasteiger partial charge on any atom is -0.480 e. The minimum absolute atomic E-state index is 0.461. The maximum absolute atomic E-state index is 10.4. The number of rotatable bonds is 3. The van der Waals surface area contributed by atoms with E-state index in [-0.39, 0.29) is 0 Å². The van der Waals surface area contributed by atoms with Gasteiger partial charge >= 0.3 is 5.97 Å². The molecule has 0 fully saturated rings. The van der Waals surface area contributed by atoms with Crippen molar-refractivity contribution in [2.45, 2.75) is 23.4 Å². The van der Waals surface area contributed by atoms with Gasteiger partial charge in [-0.3, -0.25) is 4.79 Å². The van der Waals surface area contributed by atoms with Crippen LogP contribution in [0, 0.1) is 6.92 Å². The van der Waals surface area contributed by atoms with Crippen LogP contribution in [0.15, 0.2) is 4.34 Å². The molecule has 12 heavy (non-hydrogen) atoms. The fraction of sp³-hybridized carbons (Fsp3) is 0.500. The highest BCUT2D eigenvalue weighted by molar-refractivity contribution is 8.02. The Balaban J connectivity index is 2.58. The molecule has 4 nitrogen and oxygen atoms in total. The summed E-state index contributed by atoms with van der Waals surface area (Å²) >= 11 is 2.63. The molecule has 1 heterocycles. The number of carboxylic acid groups (broad SMARTS) is 1. The Morgan fingerprint density at radius 1 is 1.67 bits per heavy atom. The molecule has 66 valence electrons. The van der Waals surface area contributed by atoms with Crippen LogP contribution in [0.5, 0.6) is 0 Å². The van der Waals surface area contributed by atoms with Gasteiger partial charge in [-0.25, -0.2) is 0 Å². The molecule has 0 aliphatic heterocycles. The van der Waals surface area contributed by atoms with Gasteiger partial charge in [0.15, 0.2) is 4.34 Å². The minimum atomic E-state index is -0.826. The molecule has 0 aliphatic rings. The smallest absolute Gasteiger partial charge is 0.316 e. The largest absolute Gasteiger partial charge is 0.480 e. The number of carbonyl (C=O) groups is 1. The molecule has 0 saturated heterocycles. The van der Waals surface area contributed by atoms with Crippen molar-refractivity contribution in [3.05, 3.63) is 5.01 Å². The lowest BCUT2D eigenvalue weighted by Crippen LogP contribution is -2.10. The standard InChI is InChI=1S/C6H8N2O2S2/c1-3(5(9)10)11-6-8-7-4(2)12-6/h3H,1-2H3,(H,9,10)/t3-/m1/s1. The normalized spacial score (nSPS) is 12.8. The number of thioether (sulfide) groups is 1. The average Bonchev–Trinajstić information content (AvgIpc) is 2.35. The number of aliphatic carboxylic acids is 1. The molecule has 0 saturated carbocycles. The van der Waals surface area contributed by atoms with Crippen molar-refractivity contribution < 1.29 is 9.90 Å². The molecule has 1 N–H and O–H groups in total. The van der Waals surface area contributed by atoms with E-state index in [1.165, 1.54) is 23.1 Å². The maximum atomic E-state index is 10.4. The van der Waals surface area contributed by atoms with E-state index >= 15 is 0 Å². The van der Waals surface area contributed by atoms with Crippen LogP contribution in [-0.4, -0.2) is 26.5 Å². The van der Waals surface area contributed by atoms with E-state index in [2.05, 4.69) is 10.2 Å². The lowest BCUT2D eigenvalue weighted by Gasteiger charge is -1.99. The lowest BCUT2D eigenvalue weighted by atomic mass is 10.5. The van der Waals surface area contributed by atoms with Crippen LogP contribution < -0.4 is 0 Å². The second-order valence-electron chi connectivity index (χ2n) is 2.19. The maximum Gasteiger partial charge on any atom is 0.316 e. The van der Waals surface area contributed by atoms with Crippen LogP contribution in [0.3, 0.4) is 0 Å². The van der Waals surface area contributed by atoms with Crippen LogP contribution in [0.2, 0.25) is 0 Å². The lowest BCUT2D eigenvalue weighted by molar-refractivity contribution is -0.136. The molecule has 0 spiro atoms. The summed E-state index contributed by atoms with van der Waals surface area (Å²) in [6.07, 6.45) is 0. The van der Waals surface area contributed by atoms with Gasteiger partial charge in [-0.2, -0.15) is 0 Å². The highest BCUT2D eigenvalue weighted by Gasteiger charge is 2.14. The molecule has 0 bridgehead atoms. The average molecular weight is 204 g/mol. The molecule has 0 radical (unpaired) electrons. The first-order valence-corrected chi connectivity index (χ1v) is 4.99. The third-order valence-corrected chi connectivity index (χ3v) is 3.14. The summed E-state index contributed by atoms with van der Waals surface area (Å²) in [6, 6.07) is 0. The van der Waals surface area contributed by atoms with Crippen LogP contribution in [0.1, 0.15) is 11.9 Å². The van der Waals surface area contributed by atoms with Crippen molar-refractivity contribution in [1.82, 2.24) is 10.2 Å². The Hall–Kier alpha value is -0.620. The predicted octanol–water partition coefficient (Wildman–Crippen LogP) is 1.41. The molecule has 1 atom stereocenters. The quantitative estimate of drug-likeness (QED) is 0.754. The van der Waals surface area contributed by atoms with Crippen molar-refractivity contribution in [1.29, 1.82) is 0 Å². The Labute approximate surface area is 78.0 Å². The Kier molecular flexibility index (Phi) is 3.05. The van der Waals surface area contributed by atoms with Crippen LogP contribution >= 0.6 is 23.1 Å². The number of nitrogens with zero attached hydrogens (tertiary/aromatic N) is 2. The van der Waals surface area contributed by atoms with E-state index in [4.69, 9.17) is 5.11 Å². The number of aromatic nitrogens is 2. The molecular weight excluding hydrogens is 196 g/mol. The summed E-state index contributed by atoms with van der Waals surface area (Å²) in [5, 5.41) is 16.6. The first-order valence-electron chi connectivity index (χ1n) is 3.29. The molecule has 0 unspecified atom stereocenters. The summed E-state index contributed by atoms with van der Waals surface area (Å²) < 4.78 is 0.711. The number of hydrogen-bond donors (Lipinski definition) is 1. The highest BCUT2D eigenvalue weighted by atomic mass is 32.2. The zero-order chi connectivity index (χ0) is 9.14. The number of hydrogen-bond acceptors (Lipinski definition) is 5. The van der Waals surface area contributed by atoms with Crippen molar-refractivity contribution in [2.24, 2.45) is 0 Å². The first-order chi connectivity index (χ1) is 5.59. The molecule has 1 aromatic rings. The zero-order valence-corrected chi connectivity index (χ0v) is 8.28. The molecular formula is C6H8N2O2S2. The molecule has 0 aliphatic carbocycles. The monoisotopic (exact) mass is 204 g/mol. The molecule has 1 aromatic heterocycles. The number of carboxylic acids is 1. The number of aryl methyl sites for hydroxylation is 1. The van der Waals surface area contributed by atoms with Crippen LogP contribution in [0.4, 0.5) is 0 Å². The van der Waals surface area contributed by atoms with Crippen LogP contribution in [0.25, 0.3) is 0 Å². The summed E-state index contributed by atoms with van der Waals surface area (Å²) in [4.78, 5) is 10.4. The van der Waals surface area contributed by atoms with Gasteiger partial charge in [-0.1, -0.05) is 23.1 Å². The third kappa shape index (κ3) is 2.46. The Morgan fingerprint density at radius 3 is 2.75 bits per heavy atom. The summed E-state index contributed by atoms with van der Waals surface area (Å²) in [5.74, 6) is -0.826. The molecule has 0 aromatic carbocycles.